The number of hydrogen-bond acceptors (Lipinski definition) is 5. The van der Waals surface area contributed by atoms with Crippen molar-refractivity contribution >= 4 is 17.5 Å². The molecule has 2 heterocycles. The fourth-order valence-electron chi connectivity index (χ4n) is 1.76. The van der Waals surface area contributed by atoms with Gasteiger partial charge < -0.3 is 4.74 Å². The molecule has 0 radical (unpaired) electrons. The average Bonchev–Trinajstić information content (AvgIpc) is 2.82. The Morgan fingerprint density at radius 3 is 2.65 bits per heavy atom. The van der Waals surface area contributed by atoms with Crippen LogP contribution in [0, 0.1) is 11.6 Å². The molecule has 0 aliphatic carbocycles. The summed E-state index contributed by atoms with van der Waals surface area (Å²) in [5.74, 6) is -1.57. The molecule has 0 atom stereocenters. The van der Waals surface area contributed by atoms with Gasteiger partial charge in [-0.1, -0.05) is 6.07 Å². The van der Waals surface area contributed by atoms with E-state index in [0.717, 1.165) is 16.8 Å². The van der Waals surface area contributed by atoms with Gasteiger partial charge in [-0.25, -0.2) is 18.4 Å². The van der Waals surface area contributed by atoms with Crippen LogP contribution in [0.4, 0.5) is 8.78 Å². The van der Waals surface area contributed by atoms with Gasteiger partial charge >= 0.3 is 12.5 Å². The Kier molecular flexibility index (Phi) is 2.82. The molecule has 0 saturated heterocycles. The number of nitrogens with zero attached hydrogens (tertiary/aromatic N) is 4. The Hall–Kier alpha value is -2.90. The van der Waals surface area contributed by atoms with E-state index in [1.807, 2.05) is 0 Å². The molecule has 0 saturated carbocycles. The third kappa shape index (κ3) is 1.87. The van der Waals surface area contributed by atoms with Crippen LogP contribution in [0.3, 0.4) is 0 Å². The van der Waals surface area contributed by atoms with Crippen LogP contribution in [0.5, 0.6) is 6.01 Å². The zero-order valence-electron chi connectivity index (χ0n) is 9.83. The first-order valence-corrected chi connectivity index (χ1v) is 5.46. The first-order valence-electron chi connectivity index (χ1n) is 5.46. The Bertz CT molecular complexity index is 783. The molecule has 8 heteroatoms. The van der Waals surface area contributed by atoms with Crippen LogP contribution in [-0.2, 0) is 4.79 Å². The van der Waals surface area contributed by atoms with Gasteiger partial charge in [0.15, 0.2) is 17.3 Å². The molecule has 6 nitrogen and oxygen atoms in total. The summed E-state index contributed by atoms with van der Waals surface area (Å²) in [6.45, 7) is 0.158. The van der Waals surface area contributed by atoms with Crippen molar-refractivity contribution in [1.82, 2.24) is 19.7 Å². The number of aromatic nitrogens is 4. The molecule has 2 aromatic heterocycles. The number of para-hydroxylation sites is 1. The van der Waals surface area contributed by atoms with Crippen LogP contribution in [0.1, 0.15) is 0 Å². The minimum absolute atomic E-state index is 0.126. The van der Waals surface area contributed by atoms with Gasteiger partial charge in [0, 0.05) is 6.20 Å². The predicted octanol–water partition coefficient (Wildman–Crippen LogP) is 1.63. The van der Waals surface area contributed by atoms with Gasteiger partial charge in [-0.3, -0.25) is 4.79 Å². The third-order valence-electron chi connectivity index (χ3n) is 2.59. The van der Waals surface area contributed by atoms with E-state index < -0.39 is 11.6 Å². The summed E-state index contributed by atoms with van der Waals surface area (Å²) < 4.78 is 33.0. The molecule has 20 heavy (non-hydrogen) atoms. The summed E-state index contributed by atoms with van der Waals surface area (Å²) in [5.41, 5.74) is -0.237. The Morgan fingerprint density at radius 2 is 1.95 bits per heavy atom. The smallest absolute Gasteiger partial charge is 0.326 e. The molecule has 100 valence electrons. The summed E-state index contributed by atoms with van der Waals surface area (Å²) in [5, 5.41) is 4.33. The Morgan fingerprint density at radius 1 is 1.20 bits per heavy atom. The summed E-state index contributed by atoms with van der Waals surface area (Å²) in [6.07, 6.45) is 2.69. The highest BCUT2D eigenvalue weighted by Gasteiger charge is 2.16. The molecule has 0 spiro atoms. The Balaban J connectivity index is 2.26. The van der Waals surface area contributed by atoms with E-state index >= 15 is 0 Å². The fraction of sp³-hybridized carbons (Fsp3) is 0. The lowest BCUT2D eigenvalue weighted by Crippen LogP contribution is -2.05. The molecule has 0 bridgehead atoms. The molecule has 0 aliphatic rings. The quantitative estimate of drug-likeness (QED) is 0.680. The molecule has 0 amide bonds. The maximum Gasteiger partial charge on any atom is 0.326 e. The summed E-state index contributed by atoms with van der Waals surface area (Å²) in [4.78, 5) is 17.9. The van der Waals surface area contributed by atoms with Crippen LogP contribution >= 0.6 is 0 Å². The molecule has 3 rings (SSSR count). The fourth-order valence-corrected chi connectivity index (χ4v) is 1.76. The van der Waals surface area contributed by atoms with Gasteiger partial charge in [0.1, 0.15) is 5.69 Å². The van der Waals surface area contributed by atoms with Crippen molar-refractivity contribution in [2.24, 2.45) is 0 Å². The van der Waals surface area contributed by atoms with Crippen molar-refractivity contribution < 1.29 is 18.3 Å². The highest BCUT2D eigenvalue weighted by atomic mass is 19.1. The lowest BCUT2D eigenvalue weighted by atomic mass is 10.3. The van der Waals surface area contributed by atoms with E-state index in [0.29, 0.717) is 5.39 Å². The maximum atomic E-state index is 13.8. The predicted molar refractivity (Wildman–Crippen MR) is 63.3 cm³/mol. The van der Waals surface area contributed by atoms with Crippen molar-refractivity contribution in [3.63, 3.8) is 0 Å². The number of rotatable bonds is 3. The second kappa shape index (κ2) is 4.65. The van der Waals surface area contributed by atoms with E-state index in [2.05, 4.69) is 19.8 Å². The van der Waals surface area contributed by atoms with Gasteiger partial charge in [0.25, 0.3) is 0 Å². The molecule has 3 aromatic rings. The second-order valence-corrected chi connectivity index (χ2v) is 3.77. The number of fused-ring (bicyclic) bond motifs is 1. The standard InChI is InChI=1S/C12H6F2N4O2/c13-8-2-1-3-9(14)10(8)18-11-7(5-16-18)4-15-12(17-11)20-6-19/h1-6H. The van der Waals surface area contributed by atoms with Gasteiger partial charge in [0.2, 0.25) is 0 Å². The van der Waals surface area contributed by atoms with E-state index in [1.165, 1.54) is 18.5 Å². The SMILES string of the molecule is O=COc1ncc2cnn(-c3c(F)cccc3F)c2n1. The maximum absolute atomic E-state index is 13.8. The van der Waals surface area contributed by atoms with E-state index in [1.54, 1.807) is 0 Å². The minimum atomic E-state index is -0.786. The molecule has 0 N–H and O–H groups in total. The van der Waals surface area contributed by atoms with Gasteiger partial charge in [-0.15, -0.1) is 0 Å². The zero-order valence-corrected chi connectivity index (χ0v) is 9.83. The number of hydrogen-bond donors (Lipinski definition) is 0. The number of ether oxygens (including phenoxy) is 1. The van der Waals surface area contributed by atoms with Gasteiger partial charge in [0.05, 0.1) is 11.6 Å². The van der Waals surface area contributed by atoms with Crippen molar-refractivity contribution in [3.05, 3.63) is 42.2 Å². The van der Waals surface area contributed by atoms with Gasteiger partial charge in [-0.05, 0) is 12.1 Å². The van der Waals surface area contributed by atoms with Crippen molar-refractivity contribution in [2.75, 3.05) is 0 Å². The monoisotopic (exact) mass is 276 g/mol. The molecule has 1 aromatic carbocycles. The number of halogens is 2. The van der Waals surface area contributed by atoms with Crippen molar-refractivity contribution in [3.8, 4) is 11.7 Å². The van der Waals surface area contributed by atoms with Gasteiger partial charge in [-0.2, -0.15) is 10.1 Å². The van der Waals surface area contributed by atoms with Crippen LogP contribution < -0.4 is 4.74 Å². The summed E-state index contributed by atoms with van der Waals surface area (Å²) >= 11 is 0. The van der Waals surface area contributed by atoms with Crippen LogP contribution in [0.15, 0.2) is 30.6 Å². The highest BCUT2D eigenvalue weighted by molar-refractivity contribution is 5.75. The first kappa shape index (κ1) is 12.2. The highest BCUT2D eigenvalue weighted by Crippen LogP contribution is 2.22. The zero-order chi connectivity index (χ0) is 14.1. The number of benzene rings is 1. The molecular formula is C12H6F2N4O2. The number of carbonyl (C=O) groups is 1. The lowest BCUT2D eigenvalue weighted by molar-refractivity contribution is -0.121. The van der Waals surface area contributed by atoms with E-state index in [-0.39, 0.29) is 23.8 Å². The topological polar surface area (TPSA) is 69.9 Å². The van der Waals surface area contributed by atoms with Crippen molar-refractivity contribution in [2.45, 2.75) is 0 Å². The lowest BCUT2D eigenvalue weighted by Gasteiger charge is -2.05. The normalized spacial score (nSPS) is 10.7. The summed E-state index contributed by atoms with van der Waals surface area (Å²) in [7, 11) is 0. The van der Waals surface area contributed by atoms with Crippen LogP contribution in [0.2, 0.25) is 0 Å². The Labute approximate surface area is 110 Å². The molecular weight excluding hydrogens is 270 g/mol. The van der Waals surface area contributed by atoms with Crippen LogP contribution in [-0.4, -0.2) is 26.2 Å². The molecule has 0 fully saturated rings. The average molecular weight is 276 g/mol. The largest absolute Gasteiger partial charge is 0.393 e. The first-order chi connectivity index (χ1) is 9.70. The third-order valence-corrected chi connectivity index (χ3v) is 2.59. The van der Waals surface area contributed by atoms with Crippen molar-refractivity contribution in [1.29, 1.82) is 0 Å². The van der Waals surface area contributed by atoms with E-state index in [9.17, 15) is 13.6 Å². The summed E-state index contributed by atoms with van der Waals surface area (Å²) in [6, 6.07) is 3.23. The molecule has 0 aliphatic heterocycles. The number of carbonyl (C=O) groups excluding carboxylic acids is 1. The second-order valence-electron chi connectivity index (χ2n) is 3.77. The van der Waals surface area contributed by atoms with E-state index in [4.69, 9.17) is 0 Å². The minimum Gasteiger partial charge on any atom is -0.393 e. The molecule has 0 unspecified atom stereocenters. The van der Waals surface area contributed by atoms with Crippen LogP contribution in [0.25, 0.3) is 16.7 Å².